The summed E-state index contributed by atoms with van der Waals surface area (Å²) in [6, 6.07) is 0. The maximum atomic E-state index is 11.0. The van der Waals surface area contributed by atoms with Gasteiger partial charge in [0, 0.05) is 12.0 Å². The highest BCUT2D eigenvalue weighted by molar-refractivity contribution is 5.81. The summed E-state index contributed by atoms with van der Waals surface area (Å²) < 4.78 is 0. The van der Waals surface area contributed by atoms with Crippen molar-refractivity contribution in [3.05, 3.63) is 0 Å². The van der Waals surface area contributed by atoms with Gasteiger partial charge in [-0.1, -0.05) is 20.8 Å². The molecule has 0 fully saturated rings. The second-order valence-electron chi connectivity index (χ2n) is 3.19. The zero-order chi connectivity index (χ0) is 10.2. The van der Waals surface area contributed by atoms with Gasteiger partial charge in [-0.05, 0) is 6.92 Å². The summed E-state index contributed by atoms with van der Waals surface area (Å²) in [5.41, 5.74) is -0.240. The van der Waals surface area contributed by atoms with Crippen LogP contribution in [0.1, 0.15) is 27.7 Å². The van der Waals surface area contributed by atoms with Crippen LogP contribution in [0.2, 0.25) is 0 Å². The first-order chi connectivity index (χ1) is 5.40. The molecule has 1 N–H and O–H groups in total. The van der Waals surface area contributed by atoms with Gasteiger partial charge in [0.1, 0.15) is 0 Å². The van der Waals surface area contributed by atoms with Crippen LogP contribution in [0, 0.1) is 5.41 Å². The zero-order valence-corrected chi connectivity index (χ0v) is 7.93. The van der Waals surface area contributed by atoms with Gasteiger partial charge in [0.2, 0.25) is 5.91 Å². The molecule has 4 heteroatoms. The molecule has 0 aliphatic heterocycles. The number of amides is 1. The van der Waals surface area contributed by atoms with Gasteiger partial charge in [-0.15, -0.1) is 0 Å². The smallest absolute Gasteiger partial charge is 0.356 e. The van der Waals surface area contributed by atoms with Crippen LogP contribution in [0.4, 0.5) is 0 Å². The highest BCUT2D eigenvalue weighted by Crippen LogP contribution is 2.11. The molecule has 1 amide bonds. The number of hydrogen-bond acceptors (Lipinski definition) is 3. The normalized spacial score (nSPS) is 9.00. The Labute approximate surface area is 72.3 Å². The van der Waals surface area contributed by atoms with Crippen LogP contribution >= 0.6 is 0 Å². The topological polar surface area (TPSA) is 63.2 Å². The van der Waals surface area contributed by atoms with Crippen LogP contribution in [0.15, 0.2) is 0 Å². The average molecular weight is 173 g/mol. The largest absolute Gasteiger partial charge is 0.373 e. The fourth-order valence-corrected chi connectivity index (χ4v) is 0.426. The average Bonchev–Trinajstić information content (AvgIpc) is 1.88. The van der Waals surface area contributed by atoms with Crippen molar-refractivity contribution in [3.63, 3.8) is 0 Å². The van der Waals surface area contributed by atoms with Crippen LogP contribution < -0.4 is 5.32 Å². The Morgan fingerprint density at radius 3 is 1.75 bits per heavy atom. The van der Waals surface area contributed by atoms with E-state index in [9.17, 15) is 4.79 Å². The van der Waals surface area contributed by atoms with Gasteiger partial charge < -0.3 is 5.32 Å². The summed E-state index contributed by atoms with van der Waals surface area (Å²) in [7, 11) is 0. The lowest BCUT2D eigenvalue weighted by Gasteiger charge is -2.16. The minimum atomic E-state index is -0.240. The minimum absolute atomic E-state index is 0.116. The van der Waals surface area contributed by atoms with E-state index in [1.807, 2.05) is 27.7 Å². The number of nitrogens with one attached hydrogen (secondary N) is 1. The van der Waals surface area contributed by atoms with E-state index in [2.05, 4.69) is 5.32 Å². The first kappa shape index (κ1) is 13.4. The predicted octanol–water partition coefficient (Wildman–Crippen LogP) is 0.585. The summed E-state index contributed by atoms with van der Waals surface area (Å²) in [5.74, 6) is 0.116. The molecule has 0 aromatic heterocycles. The highest BCUT2D eigenvalue weighted by atomic mass is 16.2. The minimum Gasteiger partial charge on any atom is -0.356 e. The monoisotopic (exact) mass is 173 g/mol. The molecule has 0 aliphatic rings. The third-order valence-corrected chi connectivity index (χ3v) is 1.02. The first-order valence-electron chi connectivity index (χ1n) is 3.67. The van der Waals surface area contributed by atoms with E-state index in [0.29, 0.717) is 0 Å². The van der Waals surface area contributed by atoms with E-state index in [0.717, 1.165) is 6.54 Å². The molecule has 4 nitrogen and oxygen atoms in total. The van der Waals surface area contributed by atoms with Gasteiger partial charge >= 0.3 is 6.15 Å². The van der Waals surface area contributed by atoms with E-state index < -0.39 is 0 Å². The Bertz CT molecular complexity index is 164. The molecule has 0 rings (SSSR count). The van der Waals surface area contributed by atoms with E-state index in [1.165, 1.54) is 0 Å². The van der Waals surface area contributed by atoms with Crippen LogP contribution in [0.25, 0.3) is 0 Å². The van der Waals surface area contributed by atoms with Gasteiger partial charge in [-0.25, -0.2) is 0 Å². The Balaban J connectivity index is 0. The molecule has 12 heavy (non-hydrogen) atoms. The Morgan fingerprint density at radius 1 is 1.33 bits per heavy atom. The molecule has 0 aliphatic carbocycles. The van der Waals surface area contributed by atoms with Crippen molar-refractivity contribution in [2.45, 2.75) is 27.7 Å². The van der Waals surface area contributed by atoms with Gasteiger partial charge in [0.05, 0.1) is 0 Å². The van der Waals surface area contributed by atoms with E-state index in [-0.39, 0.29) is 17.5 Å². The third-order valence-electron chi connectivity index (χ3n) is 1.02. The fraction of sp³-hybridized carbons (Fsp3) is 0.750. The van der Waals surface area contributed by atoms with Crippen molar-refractivity contribution in [2.75, 3.05) is 6.54 Å². The molecule has 70 valence electrons. The molecule has 0 radical (unpaired) electrons. The lowest BCUT2D eigenvalue weighted by atomic mass is 9.96. The Kier molecular flexibility index (Phi) is 7.34. The first-order valence-corrected chi connectivity index (χ1v) is 3.67. The quantitative estimate of drug-likeness (QED) is 0.631. The molecule has 0 spiro atoms. The molecule has 0 aromatic rings. The van der Waals surface area contributed by atoms with Gasteiger partial charge in [-0.3, -0.25) is 4.79 Å². The van der Waals surface area contributed by atoms with Crippen molar-refractivity contribution in [1.82, 2.24) is 5.32 Å². The van der Waals surface area contributed by atoms with E-state index in [4.69, 9.17) is 9.59 Å². The molecular formula is C8H15NO3. The molecule has 0 bridgehead atoms. The second-order valence-corrected chi connectivity index (χ2v) is 3.19. The van der Waals surface area contributed by atoms with Gasteiger partial charge in [-0.2, -0.15) is 9.59 Å². The second kappa shape index (κ2) is 6.55. The maximum absolute atomic E-state index is 11.0. The SMILES string of the molecule is CCNC(=O)C(C)(C)C.O=C=O. The summed E-state index contributed by atoms with van der Waals surface area (Å²) in [6.07, 6.45) is 0.250. The van der Waals surface area contributed by atoms with E-state index in [1.54, 1.807) is 0 Å². The Hall–Kier alpha value is -1.15. The maximum Gasteiger partial charge on any atom is 0.373 e. The standard InChI is InChI=1S/C7H15NO.CO2/c1-5-8-6(9)7(2,3)4;2-1-3/h5H2,1-4H3,(H,8,9);. The zero-order valence-electron chi connectivity index (χ0n) is 7.93. The van der Waals surface area contributed by atoms with Crippen molar-refractivity contribution >= 4 is 12.1 Å². The van der Waals surface area contributed by atoms with E-state index >= 15 is 0 Å². The summed E-state index contributed by atoms with van der Waals surface area (Å²) >= 11 is 0. The van der Waals surface area contributed by atoms with Crippen LogP contribution in [0.3, 0.4) is 0 Å². The lowest BCUT2D eigenvalue weighted by Crippen LogP contribution is -2.34. The van der Waals surface area contributed by atoms with Crippen molar-refractivity contribution < 1.29 is 14.4 Å². The predicted molar refractivity (Wildman–Crippen MR) is 43.1 cm³/mol. The van der Waals surface area contributed by atoms with Crippen molar-refractivity contribution in [1.29, 1.82) is 0 Å². The molecule has 0 saturated carbocycles. The molecule has 0 aromatic carbocycles. The van der Waals surface area contributed by atoms with Gasteiger partial charge in [0.25, 0.3) is 0 Å². The van der Waals surface area contributed by atoms with Gasteiger partial charge in [0.15, 0.2) is 0 Å². The summed E-state index contributed by atoms with van der Waals surface area (Å²) in [4.78, 5) is 27.2. The lowest BCUT2D eigenvalue weighted by molar-refractivity contribution is -0.191. The third kappa shape index (κ3) is 8.85. The molecule has 0 saturated heterocycles. The highest BCUT2D eigenvalue weighted by Gasteiger charge is 2.19. The Morgan fingerprint density at radius 2 is 1.67 bits per heavy atom. The molecule has 0 heterocycles. The van der Waals surface area contributed by atoms with Crippen LogP contribution in [0.5, 0.6) is 0 Å². The van der Waals surface area contributed by atoms with Crippen molar-refractivity contribution in [3.8, 4) is 0 Å². The molecule has 0 unspecified atom stereocenters. The summed E-state index contributed by atoms with van der Waals surface area (Å²) in [6.45, 7) is 8.34. The van der Waals surface area contributed by atoms with Crippen LogP contribution in [-0.4, -0.2) is 18.6 Å². The number of carbonyl (C=O) groups excluding carboxylic acids is 3. The fourth-order valence-electron chi connectivity index (χ4n) is 0.426. The number of rotatable bonds is 1. The number of carbonyl (C=O) groups is 1. The summed E-state index contributed by atoms with van der Waals surface area (Å²) in [5, 5.41) is 2.75. The number of hydrogen-bond donors (Lipinski definition) is 1. The van der Waals surface area contributed by atoms with Crippen molar-refractivity contribution in [2.24, 2.45) is 5.41 Å². The molecular weight excluding hydrogens is 158 g/mol. The van der Waals surface area contributed by atoms with Crippen LogP contribution in [-0.2, 0) is 14.4 Å². The molecule has 0 atom stereocenters.